The Labute approximate surface area is 208 Å². The third-order valence-electron chi connectivity index (χ3n) is 6.63. The topological polar surface area (TPSA) is 36.0 Å². The predicted octanol–water partition coefficient (Wildman–Crippen LogP) is 6.25. The van der Waals surface area contributed by atoms with Crippen molar-refractivity contribution in [2.45, 2.75) is 48.8 Å². The van der Waals surface area contributed by atoms with Crippen molar-refractivity contribution in [1.82, 2.24) is 9.80 Å². The molecule has 0 saturated carbocycles. The fourth-order valence-corrected chi connectivity index (χ4v) is 6.25. The number of carbonyl (C=O) groups excluding carboxylic acids is 1. The van der Waals surface area contributed by atoms with Crippen molar-refractivity contribution in [2.24, 2.45) is 5.41 Å². The summed E-state index contributed by atoms with van der Waals surface area (Å²) in [4.78, 5) is 20.3. The van der Waals surface area contributed by atoms with E-state index in [1.165, 1.54) is 17.8 Å². The summed E-state index contributed by atoms with van der Waals surface area (Å²) < 4.78 is 45.6. The number of benzene rings is 2. The molecule has 2 aromatic carbocycles. The number of fused-ring (bicyclic) bond motifs is 2. The Morgan fingerprint density at radius 2 is 1.66 bits per heavy atom. The number of carbonyl (C=O) groups is 1. The monoisotopic (exact) mass is 505 g/mol. The Bertz CT molecular complexity index is 1120. The summed E-state index contributed by atoms with van der Waals surface area (Å²) in [6.07, 6.45) is -3.79. The van der Waals surface area contributed by atoms with Gasteiger partial charge in [-0.2, -0.15) is 13.2 Å². The van der Waals surface area contributed by atoms with Crippen molar-refractivity contribution in [3.63, 3.8) is 0 Å². The highest BCUT2D eigenvalue weighted by Crippen LogP contribution is 2.49. The zero-order chi connectivity index (χ0) is 25.0. The van der Waals surface area contributed by atoms with Crippen LogP contribution in [0.4, 0.5) is 29.3 Å². The molecule has 0 aromatic heterocycles. The summed E-state index contributed by atoms with van der Waals surface area (Å²) in [6.45, 7) is 10.4. The van der Waals surface area contributed by atoms with Crippen LogP contribution in [0.2, 0.25) is 0 Å². The number of halogens is 3. The fraction of sp³-hybridized carbons (Fsp3) is 0.500. The number of rotatable bonds is 4. The molecule has 0 atom stereocenters. The van der Waals surface area contributed by atoms with Crippen LogP contribution in [-0.2, 0) is 10.9 Å². The van der Waals surface area contributed by atoms with Crippen LogP contribution >= 0.6 is 11.8 Å². The van der Waals surface area contributed by atoms with E-state index in [1.807, 2.05) is 49.9 Å². The summed E-state index contributed by atoms with van der Waals surface area (Å²) in [5, 5.41) is 0. The number of anilines is 2. The van der Waals surface area contributed by atoms with Gasteiger partial charge in [0.15, 0.2) is 0 Å². The molecule has 2 saturated heterocycles. The quantitative estimate of drug-likeness (QED) is 0.491. The Balaban J connectivity index is 1.18. The molecule has 0 N–H and O–H groups in total. The molecule has 0 bridgehead atoms. The molecule has 3 heterocycles. The average Bonchev–Trinajstić information content (AvgIpc) is 2.70. The first-order valence-electron chi connectivity index (χ1n) is 11.9. The second-order valence-electron chi connectivity index (χ2n) is 10.8. The highest BCUT2D eigenvalue weighted by molar-refractivity contribution is 7.99. The summed E-state index contributed by atoms with van der Waals surface area (Å²) in [5.74, 6) is 0. The van der Waals surface area contributed by atoms with Crippen LogP contribution < -0.4 is 4.90 Å². The van der Waals surface area contributed by atoms with Crippen molar-refractivity contribution >= 4 is 29.2 Å². The smallest absolute Gasteiger partial charge is 0.416 e. The van der Waals surface area contributed by atoms with Crippen molar-refractivity contribution in [3.05, 3.63) is 48.0 Å². The maximum Gasteiger partial charge on any atom is 0.416 e. The van der Waals surface area contributed by atoms with E-state index in [-0.39, 0.29) is 11.5 Å². The third kappa shape index (κ3) is 4.98. The highest BCUT2D eigenvalue weighted by Gasteiger charge is 2.53. The second-order valence-corrected chi connectivity index (χ2v) is 11.9. The highest BCUT2D eigenvalue weighted by atomic mass is 32.2. The lowest BCUT2D eigenvalue weighted by Crippen LogP contribution is -2.73. The van der Waals surface area contributed by atoms with Gasteiger partial charge in [0.25, 0.3) is 0 Å². The lowest BCUT2D eigenvalue weighted by Gasteiger charge is -2.60. The average molecular weight is 506 g/mol. The van der Waals surface area contributed by atoms with Crippen LogP contribution in [-0.4, -0.2) is 60.8 Å². The van der Waals surface area contributed by atoms with Gasteiger partial charge in [-0.05, 0) is 64.1 Å². The van der Waals surface area contributed by atoms with E-state index in [2.05, 4.69) is 4.90 Å². The third-order valence-corrected chi connectivity index (χ3v) is 7.76. The lowest BCUT2D eigenvalue weighted by molar-refractivity contribution is -0.137. The number of likely N-dealkylation sites (tertiary alicyclic amines) is 2. The molecule has 3 aliphatic rings. The fourth-order valence-electron chi connectivity index (χ4n) is 5.18. The van der Waals surface area contributed by atoms with Crippen LogP contribution in [0.3, 0.4) is 0 Å². The van der Waals surface area contributed by atoms with Gasteiger partial charge in [-0.3, -0.25) is 0 Å². The first kappa shape index (κ1) is 24.3. The molecule has 1 amide bonds. The zero-order valence-corrected chi connectivity index (χ0v) is 21.0. The van der Waals surface area contributed by atoms with Crippen molar-refractivity contribution in [3.8, 4) is 0 Å². The molecule has 9 heteroatoms. The zero-order valence-electron chi connectivity index (χ0n) is 20.2. The van der Waals surface area contributed by atoms with Crippen LogP contribution in [0.5, 0.6) is 0 Å². The number of amides is 1. The standard InChI is InChI=1S/C26H30F3N3O2S/c1-24(2,3)34-23(33)31-16-25(17-31)14-30(15-25)11-6-12-32-19-7-4-5-8-21(19)35-22-10-9-18(13-20(22)32)26(27,28)29/h4-5,7-10,13H,6,11-12,14-17H2,1-3H3. The minimum Gasteiger partial charge on any atom is -0.444 e. The molecule has 1 spiro atoms. The molecule has 5 nitrogen and oxygen atoms in total. The lowest BCUT2D eigenvalue weighted by atomic mass is 9.73. The van der Waals surface area contributed by atoms with Crippen LogP contribution in [0.1, 0.15) is 32.8 Å². The van der Waals surface area contributed by atoms with E-state index < -0.39 is 17.3 Å². The van der Waals surface area contributed by atoms with Crippen molar-refractivity contribution in [1.29, 1.82) is 0 Å². The number of ether oxygens (including phenoxy) is 1. The molecule has 3 aliphatic heterocycles. The van der Waals surface area contributed by atoms with Gasteiger partial charge in [0.05, 0.1) is 16.9 Å². The minimum absolute atomic E-state index is 0.166. The molecule has 2 fully saturated rings. The van der Waals surface area contributed by atoms with E-state index >= 15 is 0 Å². The van der Waals surface area contributed by atoms with Gasteiger partial charge in [-0.1, -0.05) is 23.9 Å². The summed E-state index contributed by atoms with van der Waals surface area (Å²) in [6, 6.07) is 11.9. The predicted molar refractivity (Wildman–Crippen MR) is 130 cm³/mol. The number of alkyl halides is 3. The number of nitrogens with zero attached hydrogens (tertiary/aromatic N) is 3. The maximum atomic E-state index is 13.4. The molecule has 35 heavy (non-hydrogen) atoms. The molecule has 0 radical (unpaired) electrons. The Morgan fingerprint density at radius 3 is 2.34 bits per heavy atom. The first-order valence-corrected chi connectivity index (χ1v) is 12.7. The molecule has 2 aromatic rings. The Hall–Kier alpha value is -2.39. The number of para-hydroxylation sites is 1. The van der Waals surface area contributed by atoms with Gasteiger partial charge in [0, 0.05) is 47.9 Å². The second kappa shape index (κ2) is 8.62. The van der Waals surface area contributed by atoms with Crippen molar-refractivity contribution < 1.29 is 22.7 Å². The van der Waals surface area contributed by atoms with E-state index in [4.69, 9.17) is 4.74 Å². The van der Waals surface area contributed by atoms with E-state index in [9.17, 15) is 18.0 Å². The summed E-state index contributed by atoms with van der Waals surface area (Å²) in [5.41, 5.74) is 0.633. The van der Waals surface area contributed by atoms with Crippen molar-refractivity contribution in [2.75, 3.05) is 44.2 Å². The van der Waals surface area contributed by atoms with Crippen LogP contribution in [0.25, 0.3) is 0 Å². The minimum atomic E-state index is -4.37. The molecule has 5 rings (SSSR count). The normalized spacial score (nSPS) is 19.0. The van der Waals surface area contributed by atoms with E-state index in [1.54, 1.807) is 11.0 Å². The first-order chi connectivity index (χ1) is 16.4. The van der Waals surface area contributed by atoms with Crippen LogP contribution in [0.15, 0.2) is 52.3 Å². The van der Waals surface area contributed by atoms with Gasteiger partial charge < -0.3 is 19.4 Å². The SMILES string of the molecule is CC(C)(C)OC(=O)N1CC2(CN(CCCN3c4ccccc4Sc4ccc(C(F)(F)F)cc43)C2)C1. The van der Waals surface area contributed by atoms with E-state index in [0.717, 1.165) is 60.7 Å². The Morgan fingerprint density at radius 1 is 0.971 bits per heavy atom. The number of hydrogen-bond acceptors (Lipinski definition) is 5. The number of hydrogen-bond donors (Lipinski definition) is 0. The summed E-state index contributed by atoms with van der Waals surface area (Å²) >= 11 is 1.52. The summed E-state index contributed by atoms with van der Waals surface area (Å²) in [7, 11) is 0. The van der Waals surface area contributed by atoms with Gasteiger partial charge >= 0.3 is 12.3 Å². The maximum absolute atomic E-state index is 13.4. The largest absolute Gasteiger partial charge is 0.444 e. The molecule has 0 aliphatic carbocycles. The molecular weight excluding hydrogens is 475 g/mol. The molecule has 188 valence electrons. The van der Waals surface area contributed by atoms with Gasteiger partial charge in [0.2, 0.25) is 0 Å². The van der Waals surface area contributed by atoms with Crippen LogP contribution in [0, 0.1) is 5.41 Å². The molecule has 0 unspecified atom stereocenters. The molecular formula is C26H30F3N3O2S. The van der Waals surface area contributed by atoms with Gasteiger partial charge in [-0.25, -0.2) is 4.79 Å². The van der Waals surface area contributed by atoms with Gasteiger partial charge in [0.1, 0.15) is 5.60 Å². The Kier molecular flexibility index (Phi) is 5.99. The van der Waals surface area contributed by atoms with Gasteiger partial charge in [-0.15, -0.1) is 0 Å². The van der Waals surface area contributed by atoms with E-state index in [0.29, 0.717) is 12.2 Å².